The highest BCUT2D eigenvalue weighted by atomic mass is 35.5. The molecule has 1 heterocycles. The third kappa shape index (κ3) is 3.35. The molecule has 1 aromatic carbocycles. The Bertz CT molecular complexity index is 799. The molecule has 3 rings (SSSR count). The smallest absolute Gasteiger partial charge is 0.354 e. The fourth-order valence-corrected chi connectivity index (χ4v) is 2.78. The topological polar surface area (TPSA) is 93.5 Å². The van der Waals surface area contributed by atoms with E-state index >= 15 is 0 Å². The third-order valence-electron chi connectivity index (χ3n) is 3.86. The summed E-state index contributed by atoms with van der Waals surface area (Å²) in [6.07, 6.45) is 4.62. The molecule has 1 saturated carbocycles. The number of rotatable bonds is 6. The zero-order valence-electron chi connectivity index (χ0n) is 13.0. The van der Waals surface area contributed by atoms with Crippen molar-refractivity contribution >= 4 is 29.2 Å². The first-order chi connectivity index (χ1) is 11.5. The summed E-state index contributed by atoms with van der Waals surface area (Å²) in [5.41, 5.74) is 1.57. The second-order valence-electron chi connectivity index (χ2n) is 5.61. The number of imidazole rings is 1. The lowest BCUT2D eigenvalue weighted by Crippen LogP contribution is -2.21. The van der Waals surface area contributed by atoms with Crippen LogP contribution in [0.4, 0.5) is 5.69 Å². The summed E-state index contributed by atoms with van der Waals surface area (Å²) in [6, 6.07) is 3.51. The number of carboxylic acid groups (broad SMARTS) is 1. The highest BCUT2D eigenvalue weighted by Gasteiger charge is 2.28. The van der Waals surface area contributed by atoms with Crippen LogP contribution in [0.15, 0.2) is 24.7 Å². The van der Waals surface area contributed by atoms with Crippen LogP contribution in [0.25, 0.3) is 0 Å². The van der Waals surface area contributed by atoms with Crippen molar-refractivity contribution in [1.29, 1.82) is 0 Å². The minimum Gasteiger partial charge on any atom is -0.495 e. The standard InChI is InChI=1S/C16H16ClN3O4/c1-24-14-5-12(10(4-11(14)17)9-2-3-9)19-15(21)7-20-8-18-6-13(20)16(22)23/h4-6,8-9H,2-3,7H2,1H3,(H,19,21)(H,22,23). The summed E-state index contributed by atoms with van der Waals surface area (Å²) >= 11 is 6.17. The number of hydrogen-bond acceptors (Lipinski definition) is 4. The second kappa shape index (κ2) is 6.52. The van der Waals surface area contributed by atoms with Crippen molar-refractivity contribution in [1.82, 2.24) is 9.55 Å². The summed E-state index contributed by atoms with van der Waals surface area (Å²) in [5.74, 6) is -0.620. The second-order valence-corrected chi connectivity index (χ2v) is 6.02. The molecule has 7 nitrogen and oxygen atoms in total. The van der Waals surface area contributed by atoms with Crippen LogP contribution in [-0.4, -0.2) is 33.6 Å². The highest BCUT2D eigenvalue weighted by Crippen LogP contribution is 2.46. The van der Waals surface area contributed by atoms with Crippen LogP contribution in [-0.2, 0) is 11.3 Å². The quantitative estimate of drug-likeness (QED) is 0.836. The van der Waals surface area contributed by atoms with Crippen molar-refractivity contribution < 1.29 is 19.4 Å². The van der Waals surface area contributed by atoms with E-state index in [1.807, 2.05) is 6.07 Å². The number of halogens is 1. The first kappa shape index (κ1) is 16.3. The van der Waals surface area contributed by atoms with E-state index in [2.05, 4.69) is 10.3 Å². The predicted molar refractivity (Wildman–Crippen MR) is 87.8 cm³/mol. The van der Waals surface area contributed by atoms with Crippen LogP contribution < -0.4 is 10.1 Å². The van der Waals surface area contributed by atoms with Crippen molar-refractivity contribution in [3.63, 3.8) is 0 Å². The van der Waals surface area contributed by atoms with Crippen LogP contribution in [0.2, 0.25) is 5.02 Å². The van der Waals surface area contributed by atoms with E-state index in [0.717, 1.165) is 18.4 Å². The van der Waals surface area contributed by atoms with Crippen LogP contribution in [0.1, 0.15) is 34.8 Å². The van der Waals surface area contributed by atoms with Gasteiger partial charge in [0.2, 0.25) is 5.91 Å². The molecule has 1 aliphatic rings. The van der Waals surface area contributed by atoms with Gasteiger partial charge in [-0.15, -0.1) is 0 Å². The number of benzene rings is 1. The number of methoxy groups -OCH3 is 1. The normalized spacial score (nSPS) is 13.6. The van der Waals surface area contributed by atoms with E-state index in [1.54, 1.807) is 6.07 Å². The number of carbonyl (C=O) groups excluding carboxylic acids is 1. The van der Waals surface area contributed by atoms with E-state index < -0.39 is 5.97 Å². The Morgan fingerprint density at radius 3 is 2.83 bits per heavy atom. The summed E-state index contributed by atoms with van der Waals surface area (Å²) in [6.45, 7) is -0.142. The average molecular weight is 350 g/mol. The number of carbonyl (C=O) groups is 2. The van der Waals surface area contributed by atoms with Crippen molar-refractivity contribution in [2.75, 3.05) is 12.4 Å². The fraction of sp³-hybridized carbons (Fsp3) is 0.312. The minimum atomic E-state index is -1.13. The van der Waals surface area contributed by atoms with Crippen molar-refractivity contribution in [2.24, 2.45) is 0 Å². The van der Waals surface area contributed by atoms with Gasteiger partial charge in [0, 0.05) is 11.8 Å². The number of nitrogens with zero attached hydrogens (tertiary/aromatic N) is 2. The van der Waals surface area contributed by atoms with E-state index in [-0.39, 0.29) is 18.1 Å². The average Bonchev–Trinajstić information content (AvgIpc) is 3.27. The lowest BCUT2D eigenvalue weighted by atomic mass is 10.1. The molecule has 0 saturated heterocycles. The Labute approximate surface area is 143 Å². The number of amides is 1. The summed E-state index contributed by atoms with van der Waals surface area (Å²) in [4.78, 5) is 27.1. The molecule has 1 aromatic heterocycles. The van der Waals surface area contributed by atoms with Crippen LogP contribution in [0.5, 0.6) is 5.75 Å². The summed E-state index contributed by atoms with van der Waals surface area (Å²) in [5, 5.41) is 12.4. The van der Waals surface area contributed by atoms with Gasteiger partial charge in [-0.05, 0) is 30.4 Å². The fourth-order valence-electron chi connectivity index (χ4n) is 2.53. The number of aromatic nitrogens is 2. The van der Waals surface area contributed by atoms with Crippen molar-refractivity contribution in [3.05, 3.63) is 40.9 Å². The molecule has 2 N–H and O–H groups in total. The highest BCUT2D eigenvalue weighted by molar-refractivity contribution is 6.32. The van der Waals surface area contributed by atoms with Gasteiger partial charge in [0.05, 0.1) is 24.7 Å². The molecule has 0 unspecified atom stereocenters. The Morgan fingerprint density at radius 2 is 2.21 bits per heavy atom. The molecule has 0 aliphatic heterocycles. The van der Waals surface area contributed by atoms with E-state index in [1.165, 1.54) is 24.2 Å². The number of carboxylic acids is 1. The molecule has 1 aliphatic carbocycles. The van der Waals surface area contributed by atoms with Gasteiger partial charge in [-0.25, -0.2) is 9.78 Å². The first-order valence-electron chi connectivity index (χ1n) is 7.40. The minimum absolute atomic E-state index is 0.0405. The van der Waals surface area contributed by atoms with Gasteiger partial charge >= 0.3 is 5.97 Å². The van der Waals surface area contributed by atoms with Crippen molar-refractivity contribution in [3.8, 4) is 5.75 Å². The number of anilines is 1. The third-order valence-corrected chi connectivity index (χ3v) is 4.16. The lowest BCUT2D eigenvalue weighted by Gasteiger charge is -2.14. The molecular weight excluding hydrogens is 334 g/mol. The summed E-state index contributed by atoms with van der Waals surface area (Å²) in [7, 11) is 1.51. The molecule has 0 spiro atoms. The van der Waals surface area contributed by atoms with E-state index in [9.17, 15) is 9.59 Å². The first-order valence-corrected chi connectivity index (χ1v) is 7.78. The molecule has 2 aromatic rings. The molecule has 24 heavy (non-hydrogen) atoms. The van der Waals surface area contributed by atoms with Crippen LogP contribution in [0.3, 0.4) is 0 Å². The Balaban J connectivity index is 1.81. The van der Waals surface area contributed by atoms with Gasteiger partial charge in [0.1, 0.15) is 18.0 Å². The molecule has 1 fully saturated rings. The monoisotopic (exact) mass is 349 g/mol. The molecule has 0 atom stereocenters. The SMILES string of the molecule is COc1cc(NC(=O)Cn2cncc2C(=O)O)c(C2CC2)cc1Cl. The maximum atomic E-state index is 12.3. The summed E-state index contributed by atoms with van der Waals surface area (Å²) < 4.78 is 6.48. The number of nitrogens with one attached hydrogen (secondary N) is 1. The molecular formula is C16H16ClN3O4. The van der Waals surface area contributed by atoms with Gasteiger partial charge in [0.25, 0.3) is 0 Å². The largest absolute Gasteiger partial charge is 0.495 e. The molecule has 126 valence electrons. The Kier molecular flexibility index (Phi) is 4.44. The van der Waals surface area contributed by atoms with Crippen LogP contribution >= 0.6 is 11.6 Å². The van der Waals surface area contributed by atoms with Crippen molar-refractivity contribution in [2.45, 2.75) is 25.3 Å². The predicted octanol–water partition coefficient (Wildman–Crippen LogP) is 2.76. The van der Waals surface area contributed by atoms with Crippen LogP contribution in [0, 0.1) is 0 Å². The van der Waals surface area contributed by atoms with Gasteiger partial charge < -0.3 is 19.7 Å². The van der Waals surface area contributed by atoms with Gasteiger partial charge in [-0.3, -0.25) is 4.79 Å². The zero-order chi connectivity index (χ0) is 17.3. The maximum absolute atomic E-state index is 12.3. The van der Waals surface area contributed by atoms with Gasteiger partial charge in [0.15, 0.2) is 0 Å². The Morgan fingerprint density at radius 1 is 1.46 bits per heavy atom. The maximum Gasteiger partial charge on any atom is 0.354 e. The van der Waals surface area contributed by atoms with Gasteiger partial charge in [-0.2, -0.15) is 0 Å². The Hall–Kier alpha value is -2.54. The number of aromatic carboxylic acids is 1. The molecule has 8 heteroatoms. The molecule has 0 radical (unpaired) electrons. The van der Waals surface area contributed by atoms with Gasteiger partial charge in [-0.1, -0.05) is 11.6 Å². The zero-order valence-corrected chi connectivity index (χ0v) is 13.7. The number of hydrogen-bond donors (Lipinski definition) is 2. The number of ether oxygens (including phenoxy) is 1. The van der Waals surface area contributed by atoms with E-state index in [4.69, 9.17) is 21.4 Å². The lowest BCUT2D eigenvalue weighted by molar-refractivity contribution is -0.116. The van der Waals surface area contributed by atoms with E-state index in [0.29, 0.717) is 22.4 Å². The molecule has 0 bridgehead atoms. The molecule has 1 amide bonds.